The maximum absolute atomic E-state index is 11.6. The maximum Gasteiger partial charge on any atom is 0.274 e. The minimum atomic E-state index is -0.290. The first-order valence-electron chi connectivity index (χ1n) is 6.58. The molecule has 2 heterocycles. The summed E-state index contributed by atoms with van der Waals surface area (Å²) in [6.07, 6.45) is 1.58. The number of carbonyl (C=O) groups is 2. The lowest BCUT2D eigenvalue weighted by atomic mass is 10.1. The predicted molar refractivity (Wildman–Crippen MR) is 86.0 cm³/mol. The second kappa shape index (κ2) is 5.57. The van der Waals surface area contributed by atoms with E-state index in [2.05, 4.69) is 10.6 Å². The Morgan fingerprint density at radius 2 is 2.05 bits per heavy atom. The summed E-state index contributed by atoms with van der Waals surface area (Å²) >= 11 is 4.86. The third-order valence-electron chi connectivity index (χ3n) is 3.19. The Morgan fingerprint density at radius 1 is 1.23 bits per heavy atom. The van der Waals surface area contributed by atoms with Crippen LogP contribution >= 0.6 is 12.2 Å². The van der Waals surface area contributed by atoms with Gasteiger partial charge in [-0.15, -0.1) is 0 Å². The van der Waals surface area contributed by atoms with E-state index < -0.39 is 0 Å². The van der Waals surface area contributed by atoms with Crippen LogP contribution in [0.2, 0.25) is 0 Å². The van der Waals surface area contributed by atoms with E-state index in [1.165, 1.54) is 6.92 Å². The first-order chi connectivity index (χ1) is 10.5. The summed E-state index contributed by atoms with van der Waals surface area (Å²) in [5.74, 6) is 0.846. The third-order valence-corrected chi connectivity index (χ3v) is 3.39. The monoisotopic (exact) mass is 312 g/mol. The molecule has 0 radical (unpaired) electrons. The average Bonchev–Trinajstić information content (AvgIpc) is 3.06. The molecule has 3 rings (SSSR count). The van der Waals surface area contributed by atoms with Crippen molar-refractivity contribution in [2.24, 2.45) is 0 Å². The van der Waals surface area contributed by atoms with Gasteiger partial charge in [-0.25, -0.2) is 0 Å². The average molecular weight is 312 g/mol. The molecule has 1 amide bonds. The van der Waals surface area contributed by atoms with Gasteiger partial charge in [0.15, 0.2) is 10.9 Å². The van der Waals surface area contributed by atoms with Gasteiger partial charge in [0.25, 0.3) is 5.91 Å². The van der Waals surface area contributed by atoms with Crippen molar-refractivity contribution in [3.8, 4) is 11.3 Å². The van der Waals surface area contributed by atoms with Crippen LogP contribution in [-0.2, 0) is 4.79 Å². The number of benzene rings is 1. The van der Waals surface area contributed by atoms with Gasteiger partial charge >= 0.3 is 0 Å². The molecular formula is C16H12N2O3S. The Hall–Kier alpha value is -2.73. The van der Waals surface area contributed by atoms with Crippen molar-refractivity contribution in [1.29, 1.82) is 0 Å². The number of carbonyl (C=O) groups excluding carboxylic acids is 2. The van der Waals surface area contributed by atoms with Gasteiger partial charge in [-0.2, -0.15) is 0 Å². The van der Waals surface area contributed by atoms with Gasteiger partial charge in [-0.1, -0.05) is 18.2 Å². The molecule has 0 aliphatic carbocycles. The summed E-state index contributed by atoms with van der Waals surface area (Å²) in [6, 6.07) is 10.7. The highest BCUT2D eigenvalue weighted by Gasteiger charge is 2.20. The van der Waals surface area contributed by atoms with Gasteiger partial charge in [0.05, 0.1) is 0 Å². The number of amides is 1. The first-order valence-corrected chi connectivity index (χ1v) is 6.99. The Labute approximate surface area is 132 Å². The molecule has 1 aromatic carbocycles. The number of hydrogen-bond acceptors (Lipinski definition) is 4. The molecule has 2 aromatic rings. The topological polar surface area (TPSA) is 71.3 Å². The van der Waals surface area contributed by atoms with Gasteiger partial charge in [-0.3, -0.25) is 14.9 Å². The largest absolute Gasteiger partial charge is 0.457 e. The molecule has 0 unspecified atom stereocenters. The van der Waals surface area contributed by atoms with E-state index in [0.717, 1.165) is 5.56 Å². The van der Waals surface area contributed by atoms with Crippen LogP contribution in [0.5, 0.6) is 0 Å². The first kappa shape index (κ1) is 14.2. The predicted octanol–water partition coefficient (Wildman–Crippen LogP) is 2.49. The van der Waals surface area contributed by atoms with E-state index in [1.807, 2.05) is 6.07 Å². The normalized spacial score (nSPS) is 15.8. The van der Waals surface area contributed by atoms with E-state index in [1.54, 1.807) is 36.4 Å². The zero-order valence-electron chi connectivity index (χ0n) is 11.7. The molecule has 6 heteroatoms. The molecule has 1 aliphatic rings. The fourth-order valence-corrected chi connectivity index (χ4v) is 2.30. The number of hydrogen-bond donors (Lipinski definition) is 2. The second-order valence-corrected chi connectivity index (χ2v) is 5.21. The van der Waals surface area contributed by atoms with E-state index in [0.29, 0.717) is 22.8 Å². The number of ketones is 1. The fourth-order valence-electron chi connectivity index (χ4n) is 2.10. The fraction of sp³-hybridized carbons (Fsp3) is 0.0625. The Morgan fingerprint density at radius 3 is 2.73 bits per heavy atom. The summed E-state index contributed by atoms with van der Waals surface area (Å²) in [7, 11) is 0. The molecule has 0 atom stereocenters. The Balaban J connectivity index is 1.90. The maximum atomic E-state index is 11.6. The van der Waals surface area contributed by atoms with Crippen molar-refractivity contribution >= 4 is 35.1 Å². The van der Waals surface area contributed by atoms with E-state index >= 15 is 0 Å². The van der Waals surface area contributed by atoms with Crippen LogP contribution in [0.1, 0.15) is 23.0 Å². The standard InChI is InChI=1S/C16H12N2O3S/c1-9(19)10-3-2-4-11(7-10)14-6-5-12(21-14)8-13-15(20)18-16(22)17-13/h2-8H,1H3,(H2,17,18,20,22)/b13-8-. The van der Waals surface area contributed by atoms with Gasteiger partial charge in [0.1, 0.15) is 17.2 Å². The lowest BCUT2D eigenvalue weighted by Gasteiger charge is -2.00. The summed E-state index contributed by atoms with van der Waals surface area (Å²) in [5.41, 5.74) is 1.76. The van der Waals surface area contributed by atoms with Crippen LogP contribution in [0.3, 0.4) is 0 Å². The van der Waals surface area contributed by atoms with Gasteiger partial charge in [0, 0.05) is 17.2 Å². The number of Topliss-reactive ketones (excluding diaryl/α,β-unsaturated/α-hetero) is 1. The van der Waals surface area contributed by atoms with Gasteiger partial charge in [-0.05, 0) is 37.3 Å². The third kappa shape index (κ3) is 2.82. The zero-order chi connectivity index (χ0) is 15.7. The molecule has 22 heavy (non-hydrogen) atoms. The summed E-state index contributed by atoms with van der Waals surface area (Å²) in [4.78, 5) is 23.0. The SMILES string of the molecule is CC(=O)c1cccc(-c2ccc(/C=C3\NC(=S)NC3=O)o2)c1. The van der Waals surface area contributed by atoms with Crippen LogP contribution in [0, 0.1) is 0 Å². The minimum Gasteiger partial charge on any atom is -0.457 e. The second-order valence-electron chi connectivity index (χ2n) is 4.81. The molecule has 110 valence electrons. The molecule has 0 bridgehead atoms. The Bertz CT molecular complexity index is 820. The van der Waals surface area contributed by atoms with Crippen LogP contribution in [0.15, 0.2) is 46.5 Å². The van der Waals surface area contributed by atoms with Crippen molar-refractivity contribution in [2.45, 2.75) is 6.92 Å². The molecule has 0 spiro atoms. The lowest BCUT2D eigenvalue weighted by Crippen LogP contribution is -2.21. The van der Waals surface area contributed by atoms with Gasteiger partial charge < -0.3 is 9.73 Å². The number of rotatable bonds is 3. The quantitative estimate of drug-likeness (QED) is 0.517. The number of nitrogens with one attached hydrogen (secondary N) is 2. The summed E-state index contributed by atoms with van der Waals surface area (Å²) < 4.78 is 5.70. The van der Waals surface area contributed by atoms with Crippen molar-refractivity contribution in [3.05, 3.63) is 53.4 Å². The van der Waals surface area contributed by atoms with Crippen molar-refractivity contribution in [2.75, 3.05) is 0 Å². The molecular weight excluding hydrogens is 300 g/mol. The van der Waals surface area contributed by atoms with Crippen molar-refractivity contribution in [3.63, 3.8) is 0 Å². The van der Waals surface area contributed by atoms with Crippen LogP contribution < -0.4 is 10.6 Å². The van der Waals surface area contributed by atoms with Crippen molar-refractivity contribution < 1.29 is 14.0 Å². The molecule has 1 aliphatic heterocycles. The molecule has 1 fully saturated rings. The number of thiocarbonyl (C=S) groups is 1. The van der Waals surface area contributed by atoms with Crippen LogP contribution in [0.25, 0.3) is 17.4 Å². The minimum absolute atomic E-state index is 0.00362. The van der Waals surface area contributed by atoms with Crippen LogP contribution in [0.4, 0.5) is 0 Å². The Kier molecular flexibility index (Phi) is 3.60. The smallest absolute Gasteiger partial charge is 0.274 e. The highest BCUT2D eigenvalue weighted by Crippen LogP contribution is 2.24. The van der Waals surface area contributed by atoms with E-state index in [-0.39, 0.29) is 16.8 Å². The van der Waals surface area contributed by atoms with E-state index in [9.17, 15) is 9.59 Å². The molecule has 1 aromatic heterocycles. The van der Waals surface area contributed by atoms with E-state index in [4.69, 9.17) is 16.6 Å². The molecule has 0 saturated carbocycles. The highest BCUT2D eigenvalue weighted by atomic mass is 32.1. The van der Waals surface area contributed by atoms with Gasteiger partial charge in [0.2, 0.25) is 0 Å². The highest BCUT2D eigenvalue weighted by molar-refractivity contribution is 7.80. The molecule has 5 nitrogen and oxygen atoms in total. The van der Waals surface area contributed by atoms with Crippen molar-refractivity contribution in [1.82, 2.24) is 10.6 Å². The molecule has 1 saturated heterocycles. The number of furan rings is 1. The summed E-state index contributed by atoms with van der Waals surface area (Å²) in [6.45, 7) is 1.52. The summed E-state index contributed by atoms with van der Waals surface area (Å²) in [5, 5.41) is 5.51. The zero-order valence-corrected chi connectivity index (χ0v) is 12.5. The molecule has 2 N–H and O–H groups in total. The van der Waals surface area contributed by atoms with Crippen LogP contribution in [-0.4, -0.2) is 16.8 Å². The lowest BCUT2D eigenvalue weighted by molar-refractivity contribution is -0.115.